The lowest BCUT2D eigenvalue weighted by molar-refractivity contribution is -0.135. The second kappa shape index (κ2) is 12.5. The lowest BCUT2D eigenvalue weighted by Gasteiger charge is -2.19. The molecule has 0 aromatic heterocycles. The van der Waals surface area contributed by atoms with Gasteiger partial charge in [-0.1, -0.05) is 50.2 Å². The van der Waals surface area contributed by atoms with Crippen LogP contribution in [0.5, 0.6) is 23.0 Å². The Kier molecular flexibility index (Phi) is 8.85. The Labute approximate surface area is 242 Å². The first-order chi connectivity index (χ1) is 19.8. The van der Waals surface area contributed by atoms with E-state index in [0.717, 1.165) is 23.1 Å². The third kappa shape index (κ3) is 6.07. The van der Waals surface area contributed by atoms with Gasteiger partial charge in [0.05, 0.1) is 52.7 Å². The van der Waals surface area contributed by atoms with Gasteiger partial charge in [0.2, 0.25) is 0 Å². The van der Waals surface area contributed by atoms with Crippen LogP contribution in [-0.2, 0) is 20.7 Å². The molecule has 0 spiro atoms. The monoisotopic (exact) mass is 560 g/mol. The summed E-state index contributed by atoms with van der Waals surface area (Å²) < 4.78 is 34.9. The van der Waals surface area contributed by atoms with E-state index in [0.29, 0.717) is 42.1 Å². The molecule has 7 heteroatoms. The largest absolute Gasteiger partial charge is 0.493 e. The molecule has 5 rings (SSSR count). The maximum absolute atomic E-state index is 13.1. The Morgan fingerprint density at radius 1 is 0.732 bits per heavy atom. The fourth-order valence-electron chi connectivity index (χ4n) is 5.96. The predicted octanol–water partition coefficient (Wildman–Crippen LogP) is 6.70. The van der Waals surface area contributed by atoms with Gasteiger partial charge in [-0.05, 0) is 65.8 Å². The minimum absolute atomic E-state index is 0.0899. The van der Waals surface area contributed by atoms with Crippen molar-refractivity contribution in [2.24, 2.45) is 17.8 Å². The number of ether oxygens (including phenoxy) is 6. The van der Waals surface area contributed by atoms with Crippen LogP contribution in [0.25, 0.3) is 0 Å². The van der Waals surface area contributed by atoms with E-state index in [4.69, 9.17) is 28.4 Å². The number of esters is 1. The van der Waals surface area contributed by atoms with E-state index in [1.54, 1.807) is 27.4 Å². The quantitative estimate of drug-likeness (QED) is 0.202. The number of benzene rings is 3. The van der Waals surface area contributed by atoms with Gasteiger partial charge >= 0.3 is 5.97 Å². The van der Waals surface area contributed by atoms with E-state index in [2.05, 4.69) is 26.0 Å². The molecule has 0 N–H and O–H groups in total. The number of hydrogen-bond donors (Lipinski definition) is 0. The molecule has 218 valence electrons. The standard InChI is InChI=1S/C34H40O7/c1-20(2)15-22-7-9-23(10-8-22)21(3)34(35)41-29-14-12-25(17-31(29)38-6)33-27-19-39-32(26(27)18-40-33)24-11-13-28(36-4)30(16-24)37-5/h7-14,16-17,20-21,26-27,32-33H,15,18-19H2,1-6H3/t21?,26?,27?,32-,33+/m1/s1. The number of methoxy groups -OCH3 is 3. The van der Waals surface area contributed by atoms with Gasteiger partial charge in [0.25, 0.3) is 0 Å². The van der Waals surface area contributed by atoms with Crippen LogP contribution in [0.15, 0.2) is 60.7 Å². The molecule has 7 nitrogen and oxygen atoms in total. The lowest BCUT2D eigenvalue weighted by Crippen LogP contribution is -2.17. The molecule has 3 aromatic carbocycles. The molecule has 0 amide bonds. The zero-order valence-corrected chi connectivity index (χ0v) is 24.7. The van der Waals surface area contributed by atoms with Crippen LogP contribution in [0, 0.1) is 17.8 Å². The van der Waals surface area contributed by atoms with Crippen molar-refractivity contribution in [2.75, 3.05) is 34.5 Å². The molecule has 0 radical (unpaired) electrons. The molecule has 0 aliphatic carbocycles. The second-order valence-electron chi connectivity index (χ2n) is 11.3. The molecule has 2 saturated heterocycles. The number of rotatable bonds is 10. The van der Waals surface area contributed by atoms with Gasteiger partial charge in [-0.15, -0.1) is 0 Å². The van der Waals surface area contributed by atoms with E-state index in [-0.39, 0.29) is 30.0 Å². The third-order valence-electron chi connectivity index (χ3n) is 8.20. The van der Waals surface area contributed by atoms with Crippen molar-refractivity contribution in [3.8, 4) is 23.0 Å². The Hall–Kier alpha value is -3.55. The summed E-state index contributed by atoms with van der Waals surface area (Å²) >= 11 is 0. The van der Waals surface area contributed by atoms with Crippen molar-refractivity contribution >= 4 is 5.97 Å². The number of hydrogen-bond acceptors (Lipinski definition) is 7. The minimum atomic E-state index is -0.407. The average molecular weight is 561 g/mol. The summed E-state index contributed by atoms with van der Waals surface area (Å²) in [6.07, 6.45) is 0.776. The van der Waals surface area contributed by atoms with Crippen LogP contribution < -0.4 is 18.9 Å². The summed E-state index contributed by atoms with van der Waals surface area (Å²) in [5, 5.41) is 0. The Morgan fingerprint density at radius 2 is 1.24 bits per heavy atom. The summed E-state index contributed by atoms with van der Waals surface area (Å²) in [5.74, 6) is 2.50. The highest BCUT2D eigenvalue weighted by Crippen LogP contribution is 2.51. The third-order valence-corrected chi connectivity index (χ3v) is 8.20. The summed E-state index contributed by atoms with van der Waals surface area (Å²) in [6, 6.07) is 19.8. The van der Waals surface area contributed by atoms with Crippen LogP contribution in [0.3, 0.4) is 0 Å². The summed E-state index contributed by atoms with van der Waals surface area (Å²) in [7, 11) is 4.84. The van der Waals surface area contributed by atoms with Gasteiger partial charge in [-0.25, -0.2) is 0 Å². The molecular formula is C34H40O7. The maximum atomic E-state index is 13.1. The molecule has 0 bridgehead atoms. The summed E-state index contributed by atoms with van der Waals surface area (Å²) in [6.45, 7) is 7.42. The molecule has 2 aliphatic rings. The highest BCUT2D eigenvalue weighted by atomic mass is 16.6. The van der Waals surface area contributed by atoms with Crippen LogP contribution >= 0.6 is 0 Å². The van der Waals surface area contributed by atoms with Crippen molar-refractivity contribution < 1.29 is 33.2 Å². The summed E-state index contributed by atoms with van der Waals surface area (Å²) in [5.41, 5.74) is 4.21. The molecule has 2 fully saturated rings. The Bertz CT molecular complexity index is 1350. The molecule has 0 saturated carbocycles. The van der Waals surface area contributed by atoms with Crippen LogP contribution in [0.1, 0.15) is 61.2 Å². The van der Waals surface area contributed by atoms with Crippen LogP contribution in [-0.4, -0.2) is 40.5 Å². The van der Waals surface area contributed by atoms with Crippen molar-refractivity contribution in [3.05, 3.63) is 82.9 Å². The van der Waals surface area contributed by atoms with E-state index in [9.17, 15) is 4.79 Å². The van der Waals surface area contributed by atoms with Gasteiger partial charge in [-0.2, -0.15) is 0 Å². The molecule has 2 aliphatic heterocycles. The fourth-order valence-corrected chi connectivity index (χ4v) is 5.96. The second-order valence-corrected chi connectivity index (χ2v) is 11.3. The zero-order chi connectivity index (χ0) is 29.1. The maximum Gasteiger partial charge on any atom is 0.318 e. The normalized spacial score (nSPS) is 22.3. The highest BCUT2D eigenvalue weighted by Gasteiger charge is 2.48. The first kappa shape index (κ1) is 29.0. The fraction of sp³-hybridized carbons (Fsp3) is 0.441. The zero-order valence-electron chi connectivity index (χ0n) is 24.7. The van der Waals surface area contributed by atoms with Crippen LogP contribution in [0.4, 0.5) is 0 Å². The van der Waals surface area contributed by atoms with Crippen LogP contribution in [0.2, 0.25) is 0 Å². The Morgan fingerprint density at radius 3 is 1.76 bits per heavy atom. The van der Waals surface area contributed by atoms with E-state index in [1.165, 1.54) is 5.56 Å². The van der Waals surface area contributed by atoms with E-state index < -0.39 is 5.92 Å². The lowest BCUT2D eigenvalue weighted by atomic mass is 9.85. The number of carbonyl (C=O) groups is 1. The molecule has 41 heavy (non-hydrogen) atoms. The smallest absolute Gasteiger partial charge is 0.318 e. The minimum Gasteiger partial charge on any atom is -0.493 e. The molecule has 5 atom stereocenters. The number of fused-ring (bicyclic) bond motifs is 1. The Balaban J connectivity index is 1.27. The topological polar surface area (TPSA) is 72.5 Å². The van der Waals surface area contributed by atoms with E-state index >= 15 is 0 Å². The highest BCUT2D eigenvalue weighted by molar-refractivity contribution is 5.80. The molecular weight excluding hydrogens is 520 g/mol. The van der Waals surface area contributed by atoms with Gasteiger partial charge < -0.3 is 28.4 Å². The van der Waals surface area contributed by atoms with Gasteiger partial charge in [0, 0.05) is 11.8 Å². The van der Waals surface area contributed by atoms with Gasteiger partial charge in [-0.3, -0.25) is 4.79 Å². The van der Waals surface area contributed by atoms with Gasteiger partial charge in [0.15, 0.2) is 23.0 Å². The molecule has 3 unspecified atom stereocenters. The number of carbonyl (C=O) groups excluding carboxylic acids is 1. The predicted molar refractivity (Wildman–Crippen MR) is 156 cm³/mol. The van der Waals surface area contributed by atoms with Crippen molar-refractivity contribution in [1.29, 1.82) is 0 Å². The SMILES string of the molecule is COc1ccc([C@H]2OCC3C2CO[C@H]3c2ccc(OC(=O)C(C)c3ccc(CC(C)C)cc3)c(OC)c2)cc1OC. The van der Waals surface area contributed by atoms with Crippen molar-refractivity contribution in [3.63, 3.8) is 0 Å². The first-order valence-electron chi connectivity index (χ1n) is 14.3. The van der Waals surface area contributed by atoms with Crippen molar-refractivity contribution in [1.82, 2.24) is 0 Å². The molecule has 3 aromatic rings. The first-order valence-corrected chi connectivity index (χ1v) is 14.3. The van der Waals surface area contributed by atoms with Gasteiger partial charge in [0.1, 0.15) is 0 Å². The van der Waals surface area contributed by atoms with E-state index in [1.807, 2.05) is 49.4 Å². The summed E-state index contributed by atoms with van der Waals surface area (Å²) in [4.78, 5) is 13.1. The molecule has 2 heterocycles. The van der Waals surface area contributed by atoms with Crippen molar-refractivity contribution in [2.45, 2.75) is 45.3 Å². The average Bonchev–Trinajstić information content (AvgIpc) is 3.59.